The number of rotatable bonds is 3. The monoisotopic (exact) mass is 286 g/mol. The van der Waals surface area contributed by atoms with Gasteiger partial charge in [0.05, 0.1) is 12.0 Å². The Balaban J connectivity index is 1.47. The maximum absolute atomic E-state index is 9.42. The zero-order valence-electron chi connectivity index (χ0n) is 13.5. The highest BCUT2D eigenvalue weighted by molar-refractivity contribution is 5.06. The van der Waals surface area contributed by atoms with Crippen LogP contribution in [0.2, 0.25) is 0 Å². The molecule has 5 aliphatic carbocycles. The fourth-order valence-electron chi connectivity index (χ4n) is 6.69. The van der Waals surface area contributed by atoms with Gasteiger partial charge >= 0.3 is 0 Å². The van der Waals surface area contributed by atoms with Crippen LogP contribution >= 0.6 is 0 Å². The zero-order valence-corrected chi connectivity index (χ0v) is 13.5. The van der Waals surface area contributed by atoms with Gasteiger partial charge in [0.2, 0.25) is 0 Å². The molecule has 0 amide bonds. The summed E-state index contributed by atoms with van der Waals surface area (Å²) in [5.74, 6) is 3.34. The van der Waals surface area contributed by atoms with E-state index in [2.05, 4.69) is 18.3 Å². The molecule has 0 aromatic rings. The molecule has 1 N–H and O–H groups in total. The normalized spacial score (nSPS) is 49.8. The number of nitrogens with zero attached hydrogens (tertiary/aromatic N) is 1. The third kappa shape index (κ3) is 2.42. The molecule has 3 atom stereocenters. The fraction of sp³-hybridized carbons (Fsp3) is 0.947. The molecule has 3 unspecified atom stereocenters. The summed E-state index contributed by atoms with van der Waals surface area (Å²) >= 11 is 0. The van der Waals surface area contributed by atoms with Gasteiger partial charge in [0.15, 0.2) is 0 Å². The Morgan fingerprint density at radius 3 is 2.14 bits per heavy atom. The second-order valence-corrected chi connectivity index (χ2v) is 8.79. The van der Waals surface area contributed by atoms with Crippen molar-refractivity contribution in [2.75, 3.05) is 0 Å². The minimum Gasteiger partial charge on any atom is -0.310 e. The van der Waals surface area contributed by atoms with Gasteiger partial charge in [-0.3, -0.25) is 0 Å². The first-order valence-electron chi connectivity index (χ1n) is 9.34. The highest BCUT2D eigenvalue weighted by Gasteiger charge is 2.53. The van der Waals surface area contributed by atoms with Crippen molar-refractivity contribution in [1.82, 2.24) is 5.32 Å². The lowest BCUT2D eigenvalue weighted by Gasteiger charge is -2.59. The van der Waals surface area contributed by atoms with Crippen LogP contribution in [0, 0.1) is 40.4 Å². The van der Waals surface area contributed by atoms with E-state index in [1.54, 1.807) is 0 Å². The number of nitrogens with one attached hydrogen (secondary N) is 1. The molecule has 0 aliphatic heterocycles. The van der Waals surface area contributed by atoms with Gasteiger partial charge in [-0.25, -0.2) is 0 Å². The van der Waals surface area contributed by atoms with E-state index in [1.165, 1.54) is 57.8 Å². The Labute approximate surface area is 129 Å². The van der Waals surface area contributed by atoms with Crippen molar-refractivity contribution in [1.29, 1.82) is 5.26 Å². The summed E-state index contributed by atoms with van der Waals surface area (Å²) in [6.07, 6.45) is 13.9. The minimum atomic E-state index is 0.259. The Morgan fingerprint density at radius 2 is 1.57 bits per heavy atom. The predicted molar refractivity (Wildman–Crippen MR) is 84.6 cm³/mol. The van der Waals surface area contributed by atoms with Crippen molar-refractivity contribution in [3.8, 4) is 6.07 Å². The largest absolute Gasteiger partial charge is 0.310 e. The highest BCUT2D eigenvalue weighted by Crippen LogP contribution is 2.61. The maximum Gasteiger partial charge on any atom is 0.0672 e. The van der Waals surface area contributed by atoms with Crippen LogP contribution in [0.1, 0.15) is 71.1 Å². The quantitative estimate of drug-likeness (QED) is 0.841. The lowest BCUT2D eigenvalue weighted by atomic mass is 9.48. The van der Waals surface area contributed by atoms with Crippen LogP contribution in [-0.4, -0.2) is 12.1 Å². The number of hydrogen-bond acceptors (Lipinski definition) is 2. The lowest BCUT2D eigenvalue weighted by molar-refractivity contribution is -0.0733. The summed E-state index contributed by atoms with van der Waals surface area (Å²) in [5.41, 5.74) is 0.576. The van der Waals surface area contributed by atoms with Crippen molar-refractivity contribution in [3.63, 3.8) is 0 Å². The van der Waals surface area contributed by atoms with Gasteiger partial charge in [-0.15, -0.1) is 0 Å². The second-order valence-electron chi connectivity index (χ2n) is 8.79. The third-order valence-corrected chi connectivity index (χ3v) is 7.40. The summed E-state index contributed by atoms with van der Waals surface area (Å²) in [5, 5.41) is 13.4. The second kappa shape index (κ2) is 5.27. The van der Waals surface area contributed by atoms with E-state index in [-0.39, 0.29) is 5.92 Å². The molecular weight excluding hydrogens is 256 g/mol. The lowest BCUT2D eigenvalue weighted by Crippen LogP contribution is -2.57. The topological polar surface area (TPSA) is 35.8 Å². The Hall–Kier alpha value is -0.550. The first-order valence-corrected chi connectivity index (χ1v) is 9.34. The van der Waals surface area contributed by atoms with Crippen molar-refractivity contribution >= 4 is 0 Å². The van der Waals surface area contributed by atoms with Crippen LogP contribution in [-0.2, 0) is 0 Å². The van der Waals surface area contributed by atoms with Crippen LogP contribution in [0.4, 0.5) is 0 Å². The van der Waals surface area contributed by atoms with Crippen molar-refractivity contribution in [2.24, 2.45) is 29.1 Å². The van der Waals surface area contributed by atoms with E-state index in [9.17, 15) is 5.26 Å². The van der Waals surface area contributed by atoms with Gasteiger partial charge in [-0.2, -0.15) is 5.26 Å². The molecule has 2 heteroatoms. The van der Waals surface area contributed by atoms with Crippen LogP contribution in [0.15, 0.2) is 0 Å². The molecule has 2 nitrogen and oxygen atoms in total. The van der Waals surface area contributed by atoms with E-state index < -0.39 is 0 Å². The van der Waals surface area contributed by atoms with Gasteiger partial charge < -0.3 is 5.32 Å². The molecule has 5 aliphatic rings. The molecule has 5 rings (SSSR count). The van der Waals surface area contributed by atoms with Gasteiger partial charge in [-0.1, -0.05) is 12.8 Å². The predicted octanol–water partition coefficient (Wildman–Crippen LogP) is 4.26. The molecule has 4 bridgehead atoms. The molecule has 0 heterocycles. The van der Waals surface area contributed by atoms with Gasteiger partial charge in [0.1, 0.15) is 0 Å². The van der Waals surface area contributed by atoms with Gasteiger partial charge in [0.25, 0.3) is 0 Å². The minimum absolute atomic E-state index is 0.259. The molecular formula is C19H30N2. The van der Waals surface area contributed by atoms with Gasteiger partial charge in [0, 0.05) is 12.1 Å². The van der Waals surface area contributed by atoms with Gasteiger partial charge in [-0.05, 0) is 81.5 Å². The SMILES string of the molecule is CC(NC1CCCCC1C#N)C12CC3CC(CC(C3)C1)C2. The zero-order chi connectivity index (χ0) is 14.4. The summed E-state index contributed by atoms with van der Waals surface area (Å²) in [4.78, 5) is 0. The summed E-state index contributed by atoms with van der Waals surface area (Å²) in [6.45, 7) is 2.44. The molecule has 21 heavy (non-hydrogen) atoms. The summed E-state index contributed by atoms with van der Waals surface area (Å²) in [7, 11) is 0. The molecule has 5 fully saturated rings. The van der Waals surface area contributed by atoms with Crippen LogP contribution in [0.25, 0.3) is 0 Å². The van der Waals surface area contributed by atoms with Crippen molar-refractivity contribution in [3.05, 3.63) is 0 Å². The van der Waals surface area contributed by atoms with E-state index in [0.29, 0.717) is 17.5 Å². The van der Waals surface area contributed by atoms with E-state index >= 15 is 0 Å². The summed E-state index contributed by atoms with van der Waals surface area (Å²) in [6, 6.07) is 3.65. The number of hydrogen-bond donors (Lipinski definition) is 1. The highest BCUT2D eigenvalue weighted by atomic mass is 15.0. The van der Waals surface area contributed by atoms with E-state index in [4.69, 9.17) is 0 Å². The molecule has 0 saturated heterocycles. The van der Waals surface area contributed by atoms with E-state index in [0.717, 1.165) is 24.2 Å². The summed E-state index contributed by atoms with van der Waals surface area (Å²) < 4.78 is 0. The molecule has 116 valence electrons. The number of nitriles is 1. The Morgan fingerprint density at radius 1 is 1.00 bits per heavy atom. The third-order valence-electron chi connectivity index (χ3n) is 7.40. The molecule has 0 aromatic heterocycles. The fourth-order valence-corrected chi connectivity index (χ4v) is 6.69. The molecule has 0 spiro atoms. The standard InChI is InChI=1S/C19H30N2/c1-13(21-18-5-3-2-4-17(18)12-20)19-9-14-6-15(10-19)8-16(7-14)11-19/h13-18,21H,2-11H2,1H3. The van der Waals surface area contributed by atoms with Crippen molar-refractivity contribution < 1.29 is 0 Å². The van der Waals surface area contributed by atoms with Crippen LogP contribution in [0.5, 0.6) is 0 Å². The van der Waals surface area contributed by atoms with E-state index in [1.807, 2.05) is 0 Å². The Kier molecular flexibility index (Phi) is 3.53. The average Bonchev–Trinajstić information content (AvgIpc) is 2.46. The first-order chi connectivity index (χ1) is 10.2. The van der Waals surface area contributed by atoms with Crippen LogP contribution in [0.3, 0.4) is 0 Å². The Bertz CT molecular complexity index is 400. The first kappa shape index (κ1) is 14.1. The molecule has 5 saturated carbocycles. The molecule has 0 aromatic carbocycles. The smallest absolute Gasteiger partial charge is 0.0672 e. The molecule has 0 radical (unpaired) electrons. The average molecular weight is 286 g/mol. The van der Waals surface area contributed by atoms with Crippen LogP contribution < -0.4 is 5.32 Å². The van der Waals surface area contributed by atoms with Crippen molar-refractivity contribution in [2.45, 2.75) is 83.2 Å². The maximum atomic E-state index is 9.42.